The van der Waals surface area contributed by atoms with Crippen molar-refractivity contribution in [2.45, 2.75) is 20.8 Å². The summed E-state index contributed by atoms with van der Waals surface area (Å²) in [6.45, 7) is 5.66. The smallest absolute Gasteiger partial charge is 0.254 e. The van der Waals surface area contributed by atoms with Gasteiger partial charge >= 0.3 is 0 Å². The van der Waals surface area contributed by atoms with Gasteiger partial charge in [-0.3, -0.25) is 9.36 Å². The second-order valence-electron chi connectivity index (χ2n) is 6.05. The van der Waals surface area contributed by atoms with Crippen LogP contribution in [-0.4, -0.2) is 30.4 Å². The Bertz CT molecular complexity index is 1160. The van der Waals surface area contributed by atoms with Crippen LogP contribution in [0.15, 0.2) is 29.9 Å². The van der Waals surface area contributed by atoms with Crippen molar-refractivity contribution in [3.63, 3.8) is 0 Å². The Morgan fingerprint density at radius 1 is 1.19 bits per heavy atom. The van der Waals surface area contributed by atoms with Gasteiger partial charge in [0.1, 0.15) is 11.2 Å². The highest BCUT2D eigenvalue weighted by Gasteiger charge is 2.21. The highest BCUT2D eigenvalue weighted by molar-refractivity contribution is 7.13. The van der Waals surface area contributed by atoms with Crippen LogP contribution in [0.2, 0.25) is 0 Å². The fourth-order valence-corrected chi connectivity index (χ4v) is 3.68. The van der Waals surface area contributed by atoms with Gasteiger partial charge in [-0.05, 0) is 38.5 Å². The van der Waals surface area contributed by atoms with E-state index in [-0.39, 0.29) is 5.56 Å². The van der Waals surface area contributed by atoms with E-state index in [0.717, 1.165) is 16.6 Å². The van der Waals surface area contributed by atoms with E-state index in [1.807, 2.05) is 37.6 Å². The second-order valence-corrected chi connectivity index (χ2v) is 6.90. The SMILES string of the molecule is Cc1csc(-c2nc(C)c(C(N)=O)c(-n3cc(C)c4cccnc43)n2)n1. The Hall–Kier alpha value is -3.13. The number of aromatic nitrogens is 5. The van der Waals surface area contributed by atoms with E-state index in [1.54, 1.807) is 17.7 Å². The van der Waals surface area contributed by atoms with Gasteiger partial charge in [-0.15, -0.1) is 11.3 Å². The number of pyridine rings is 1. The van der Waals surface area contributed by atoms with Crippen LogP contribution >= 0.6 is 11.3 Å². The van der Waals surface area contributed by atoms with Crippen LogP contribution in [0, 0.1) is 20.8 Å². The lowest BCUT2D eigenvalue weighted by Crippen LogP contribution is -2.19. The predicted molar refractivity (Wildman–Crippen MR) is 100 cm³/mol. The monoisotopic (exact) mass is 364 g/mol. The Balaban J connectivity index is 2.05. The summed E-state index contributed by atoms with van der Waals surface area (Å²) in [5.74, 6) is 0.315. The third-order valence-electron chi connectivity index (χ3n) is 4.12. The molecule has 26 heavy (non-hydrogen) atoms. The van der Waals surface area contributed by atoms with E-state index < -0.39 is 5.91 Å². The van der Waals surface area contributed by atoms with Crippen LogP contribution < -0.4 is 5.73 Å². The lowest BCUT2D eigenvalue weighted by atomic mass is 10.2. The first kappa shape index (κ1) is 16.3. The maximum Gasteiger partial charge on any atom is 0.254 e. The topological polar surface area (TPSA) is 99.6 Å². The first-order valence-electron chi connectivity index (χ1n) is 7.99. The molecule has 8 heteroatoms. The molecule has 4 heterocycles. The molecule has 0 unspecified atom stereocenters. The summed E-state index contributed by atoms with van der Waals surface area (Å²) >= 11 is 1.46. The number of hydrogen-bond donors (Lipinski definition) is 1. The summed E-state index contributed by atoms with van der Waals surface area (Å²) in [5.41, 5.74) is 9.07. The third-order valence-corrected chi connectivity index (χ3v) is 5.07. The maximum absolute atomic E-state index is 12.1. The zero-order chi connectivity index (χ0) is 18.4. The molecule has 0 saturated carbocycles. The summed E-state index contributed by atoms with van der Waals surface area (Å²) in [5, 5.41) is 3.63. The predicted octanol–water partition coefficient (Wildman–Crippen LogP) is 2.96. The van der Waals surface area contributed by atoms with Crippen molar-refractivity contribution in [1.29, 1.82) is 0 Å². The van der Waals surface area contributed by atoms with Crippen LogP contribution in [0.4, 0.5) is 0 Å². The molecule has 7 nitrogen and oxygen atoms in total. The number of amides is 1. The molecule has 2 N–H and O–H groups in total. The van der Waals surface area contributed by atoms with E-state index in [9.17, 15) is 4.79 Å². The van der Waals surface area contributed by atoms with Crippen LogP contribution in [0.5, 0.6) is 0 Å². The van der Waals surface area contributed by atoms with Crippen molar-refractivity contribution in [1.82, 2.24) is 24.5 Å². The maximum atomic E-state index is 12.1. The normalized spacial score (nSPS) is 11.2. The van der Waals surface area contributed by atoms with E-state index in [4.69, 9.17) is 5.73 Å². The largest absolute Gasteiger partial charge is 0.365 e. The van der Waals surface area contributed by atoms with Gasteiger partial charge in [-0.25, -0.2) is 19.9 Å². The zero-order valence-electron chi connectivity index (χ0n) is 14.5. The van der Waals surface area contributed by atoms with E-state index in [2.05, 4.69) is 19.9 Å². The summed E-state index contributed by atoms with van der Waals surface area (Å²) < 4.78 is 1.80. The van der Waals surface area contributed by atoms with Gasteiger partial charge in [-0.2, -0.15) is 0 Å². The van der Waals surface area contributed by atoms with Crippen molar-refractivity contribution < 1.29 is 4.79 Å². The molecule has 0 saturated heterocycles. The van der Waals surface area contributed by atoms with Crippen molar-refractivity contribution in [2.24, 2.45) is 5.73 Å². The minimum atomic E-state index is -0.574. The molecule has 1 amide bonds. The Kier molecular flexibility index (Phi) is 3.77. The number of rotatable bonds is 3. The van der Waals surface area contributed by atoms with E-state index >= 15 is 0 Å². The number of aryl methyl sites for hydroxylation is 3. The van der Waals surface area contributed by atoms with Crippen molar-refractivity contribution in [3.05, 3.63) is 52.4 Å². The van der Waals surface area contributed by atoms with Gasteiger partial charge < -0.3 is 5.73 Å². The fraction of sp³-hybridized carbons (Fsp3) is 0.167. The van der Waals surface area contributed by atoms with Gasteiger partial charge in [0.05, 0.1) is 5.69 Å². The number of hydrogen-bond acceptors (Lipinski definition) is 6. The Morgan fingerprint density at radius 3 is 2.69 bits per heavy atom. The fourth-order valence-electron chi connectivity index (χ4n) is 2.96. The molecule has 0 fully saturated rings. The molecule has 0 aromatic carbocycles. The average Bonchev–Trinajstić information content (AvgIpc) is 3.18. The van der Waals surface area contributed by atoms with E-state index in [1.165, 1.54) is 11.3 Å². The highest BCUT2D eigenvalue weighted by Crippen LogP contribution is 2.27. The van der Waals surface area contributed by atoms with Crippen LogP contribution in [-0.2, 0) is 0 Å². The molecule has 0 aliphatic carbocycles. The van der Waals surface area contributed by atoms with Crippen molar-refractivity contribution >= 4 is 28.3 Å². The minimum Gasteiger partial charge on any atom is -0.365 e. The van der Waals surface area contributed by atoms with Crippen LogP contribution in [0.1, 0.15) is 27.3 Å². The molecule has 4 aromatic rings. The molecular weight excluding hydrogens is 348 g/mol. The Labute approximate surface area is 153 Å². The summed E-state index contributed by atoms with van der Waals surface area (Å²) in [7, 11) is 0. The molecule has 0 radical (unpaired) electrons. The van der Waals surface area contributed by atoms with Crippen molar-refractivity contribution in [2.75, 3.05) is 0 Å². The molecule has 4 aromatic heterocycles. The molecular formula is C18H16N6OS. The molecule has 0 aliphatic rings. The number of fused-ring (bicyclic) bond motifs is 1. The average molecular weight is 364 g/mol. The molecule has 0 atom stereocenters. The molecule has 130 valence electrons. The van der Waals surface area contributed by atoms with E-state index in [0.29, 0.717) is 28.0 Å². The van der Waals surface area contributed by atoms with Crippen molar-refractivity contribution in [3.8, 4) is 16.6 Å². The van der Waals surface area contributed by atoms with Crippen LogP contribution in [0.25, 0.3) is 27.7 Å². The third kappa shape index (κ3) is 2.55. The first-order chi connectivity index (χ1) is 12.5. The van der Waals surface area contributed by atoms with Gasteiger partial charge in [0.2, 0.25) is 0 Å². The second kappa shape index (κ2) is 5.99. The number of nitrogens with zero attached hydrogens (tertiary/aromatic N) is 5. The number of primary amides is 1. The summed E-state index contributed by atoms with van der Waals surface area (Å²) in [4.78, 5) is 30.1. The van der Waals surface area contributed by atoms with Crippen LogP contribution in [0.3, 0.4) is 0 Å². The lowest BCUT2D eigenvalue weighted by molar-refractivity contribution is 0.0999. The number of carbonyl (C=O) groups is 1. The minimum absolute atomic E-state index is 0.282. The van der Waals surface area contributed by atoms with Gasteiger partial charge in [0.15, 0.2) is 16.6 Å². The highest BCUT2D eigenvalue weighted by atomic mass is 32.1. The molecule has 4 rings (SSSR count). The molecule has 0 bridgehead atoms. The molecule has 0 aliphatic heterocycles. The quantitative estimate of drug-likeness (QED) is 0.602. The number of thiazole rings is 1. The standard InChI is InChI=1S/C18H16N6OS/c1-9-7-24(16-12(9)5-4-6-20-16)17-13(14(19)25)11(3)22-15(23-17)18-21-10(2)8-26-18/h4-8H,1-3H3,(H2,19,25). The summed E-state index contributed by atoms with van der Waals surface area (Å²) in [6, 6.07) is 3.86. The van der Waals surface area contributed by atoms with Gasteiger partial charge in [-0.1, -0.05) is 0 Å². The van der Waals surface area contributed by atoms with Gasteiger partial charge in [0.25, 0.3) is 5.91 Å². The number of carbonyl (C=O) groups excluding carboxylic acids is 1. The number of nitrogens with two attached hydrogens (primary N) is 1. The summed E-state index contributed by atoms with van der Waals surface area (Å²) in [6.07, 6.45) is 3.62. The lowest BCUT2D eigenvalue weighted by Gasteiger charge is -2.11. The zero-order valence-corrected chi connectivity index (χ0v) is 15.3. The molecule has 0 spiro atoms. The van der Waals surface area contributed by atoms with Gasteiger partial charge in [0, 0.05) is 28.9 Å². The first-order valence-corrected chi connectivity index (χ1v) is 8.87. The Morgan fingerprint density at radius 2 is 2.00 bits per heavy atom.